The molecular weight excluding hydrogens is 268 g/mol. The van der Waals surface area contributed by atoms with Crippen LogP contribution in [0.1, 0.15) is 31.1 Å². The lowest BCUT2D eigenvalue weighted by Gasteiger charge is -2.02. The number of carboxylic acids is 2. The van der Waals surface area contributed by atoms with Crippen LogP contribution >= 0.6 is 0 Å². The molecule has 0 fully saturated rings. The zero-order chi connectivity index (χ0) is 15.3. The summed E-state index contributed by atoms with van der Waals surface area (Å²) in [4.78, 5) is 44.3. The molecule has 104 valence electrons. The van der Waals surface area contributed by atoms with E-state index in [0.29, 0.717) is 0 Å². The lowest BCUT2D eigenvalue weighted by atomic mass is 10.0. The van der Waals surface area contributed by atoms with Gasteiger partial charge in [0.05, 0.1) is 18.2 Å². The Labute approximate surface area is 113 Å². The third-order valence-corrected chi connectivity index (χ3v) is 2.28. The van der Waals surface area contributed by atoms with Gasteiger partial charge < -0.3 is 14.9 Å². The number of carbonyl (C=O) groups excluding carboxylic acids is 2. The SMILES string of the molecule is COC(=O)/C=C/C(=O)c1cc(C(=O)O)cc(C(=O)O)c1. The second kappa shape index (κ2) is 6.28. The number of benzene rings is 1. The Morgan fingerprint density at radius 2 is 1.35 bits per heavy atom. The summed E-state index contributed by atoms with van der Waals surface area (Å²) in [5.74, 6) is -4.19. The first-order valence-electron chi connectivity index (χ1n) is 5.27. The molecule has 1 aromatic carbocycles. The Hall–Kier alpha value is -2.96. The summed E-state index contributed by atoms with van der Waals surface area (Å²) in [5, 5.41) is 17.7. The molecule has 0 amide bonds. The molecule has 0 bridgehead atoms. The summed E-state index contributed by atoms with van der Waals surface area (Å²) in [6, 6.07) is 2.99. The molecule has 0 aliphatic rings. The molecule has 0 radical (unpaired) electrons. The molecule has 0 atom stereocenters. The highest BCUT2D eigenvalue weighted by atomic mass is 16.5. The van der Waals surface area contributed by atoms with Crippen molar-refractivity contribution in [2.45, 2.75) is 0 Å². The number of rotatable bonds is 5. The number of ketones is 1. The van der Waals surface area contributed by atoms with Crippen LogP contribution in [-0.4, -0.2) is 41.0 Å². The Morgan fingerprint density at radius 1 is 0.900 bits per heavy atom. The maximum Gasteiger partial charge on any atom is 0.335 e. The van der Waals surface area contributed by atoms with Crippen molar-refractivity contribution in [3.8, 4) is 0 Å². The van der Waals surface area contributed by atoms with E-state index in [1.54, 1.807) is 0 Å². The van der Waals surface area contributed by atoms with E-state index in [2.05, 4.69) is 4.74 Å². The largest absolute Gasteiger partial charge is 0.478 e. The average Bonchev–Trinajstić information content (AvgIpc) is 2.43. The van der Waals surface area contributed by atoms with Crippen LogP contribution in [0.25, 0.3) is 0 Å². The second-order valence-corrected chi connectivity index (χ2v) is 3.63. The number of aromatic carboxylic acids is 2. The Balaban J connectivity index is 3.20. The molecule has 0 saturated heterocycles. The van der Waals surface area contributed by atoms with E-state index in [4.69, 9.17) is 10.2 Å². The lowest BCUT2D eigenvalue weighted by Crippen LogP contribution is -2.07. The summed E-state index contributed by atoms with van der Waals surface area (Å²) in [6.07, 6.45) is 1.73. The number of ether oxygens (including phenoxy) is 1. The summed E-state index contributed by atoms with van der Waals surface area (Å²) in [7, 11) is 1.13. The number of esters is 1. The molecule has 1 rings (SSSR count). The third-order valence-electron chi connectivity index (χ3n) is 2.28. The smallest absolute Gasteiger partial charge is 0.335 e. The van der Waals surface area contributed by atoms with Crippen LogP contribution < -0.4 is 0 Å². The van der Waals surface area contributed by atoms with Gasteiger partial charge in [0, 0.05) is 11.6 Å². The minimum atomic E-state index is -1.36. The topological polar surface area (TPSA) is 118 Å². The van der Waals surface area contributed by atoms with Crippen molar-refractivity contribution in [2.75, 3.05) is 7.11 Å². The second-order valence-electron chi connectivity index (χ2n) is 3.63. The third kappa shape index (κ3) is 3.77. The van der Waals surface area contributed by atoms with Crippen LogP contribution in [-0.2, 0) is 9.53 Å². The fourth-order valence-corrected chi connectivity index (χ4v) is 1.32. The summed E-state index contributed by atoms with van der Waals surface area (Å²) >= 11 is 0. The number of methoxy groups -OCH3 is 1. The molecule has 7 nitrogen and oxygen atoms in total. The monoisotopic (exact) mass is 278 g/mol. The fourth-order valence-electron chi connectivity index (χ4n) is 1.32. The van der Waals surface area contributed by atoms with Gasteiger partial charge in [0.2, 0.25) is 0 Å². The summed E-state index contributed by atoms with van der Waals surface area (Å²) < 4.78 is 4.29. The molecule has 0 aromatic heterocycles. The molecule has 0 saturated carbocycles. The number of allylic oxidation sites excluding steroid dienone is 1. The quantitative estimate of drug-likeness (QED) is 0.468. The molecule has 0 aliphatic heterocycles. The van der Waals surface area contributed by atoms with Gasteiger partial charge in [-0.15, -0.1) is 0 Å². The van der Waals surface area contributed by atoms with Gasteiger partial charge in [-0.1, -0.05) is 0 Å². The maximum absolute atomic E-state index is 11.7. The molecule has 0 unspecified atom stereocenters. The van der Waals surface area contributed by atoms with Crippen molar-refractivity contribution in [3.63, 3.8) is 0 Å². The van der Waals surface area contributed by atoms with Gasteiger partial charge in [0.25, 0.3) is 0 Å². The predicted octanol–water partition coefficient (Wildman–Crippen LogP) is 0.995. The average molecular weight is 278 g/mol. The van der Waals surface area contributed by atoms with Crippen LogP contribution in [0.2, 0.25) is 0 Å². The van der Waals surface area contributed by atoms with Crippen molar-refractivity contribution < 1.29 is 34.1 Å². The molecule has 7 heteroatoms. The molecule has 0 aliphatic carbocycles. The molecule has 0 heterocycles. The first-order chi connectivity index (χ1) is 9.35. The van der Waals surface area contributed by atoms with E-state index in [1.165, 1.54) is 0 Å². The van der Waals surface area contributed by atoms with Gasteiger partial charge in [0.1, 0.15) is 0 Å². The fraction of sp³-hybridized carbons (Fsp3) is 0.0769. The van der Waals surface area contributed by atoms with E-state index in [-0.39, 0.29) is 16.7 Å². The molecule has 20 heavy (non-hydrogen) atoms. The van der Waals surface area contributed by atoms with Gasteiger partial charge in [-0.2, -0.15) is 0 Å². The van der Waals surface area contributed by atoms with Gasteiger partial charge in [0.15, 0.2) is 5.78 Å². The maximum atomic E-state index is 11.7. The van der Waals surface area contributed by atoms with Gasteiger partial charge in [-0.25, -0.2) is 14.4 Å². The van der Waals surface area contributed by atoms with Crippen molar-refractivity contribution in [1.29, 1.82) is 0 Å². The highest BCUT2D eigenvalue weighted by Gasteiger charge is 2.14. The minimum Gasteiger partial charge on any atom is -0.478 e. The van der Waals surface area contributed by atoms with E-state index < -0.39 is 23.7 Å². The van der Waals surface area contributed by atoms with Crippen LogP contribution in [0.15, 0.2) is 30.4 Å². The van der Waals surface area contributed by atoms with E-state index in [0.717, 1.165) is 37.5 Å². The highest BCUT2D eigenvalue weighted by Crippen LogP contribution is 2.12. The van der Waals surface area contributed by atoms with Gasteiger partial charge in [-0.3, -0.25) is 4.79 Å². The van der Waals surface area contributed by atoms with Crippen LogP contribution in [0, 0.1) is 0 Å². The van der Waals surface area contributed by atoms with Crippen molar-refractivity contribution in [1.82, 2.24) is 0 Å². The zero-order valence-electron chi connectivity index (χ0n) is 10.3. The Kier molecular flexibility index (Phi) is 4.74. The number of carbonyl (C=O) groups is 4. The summed E-state index contributed by atoms with van der Waals surface area (Å²) in [6.45, 7) is 0. The molecule has 0 spiro atoms. The van der Waals surface area contributed by atoms with E-state index in [1.807, 2.05) is 0 Å². The number of hydrogen-bond donors (Lipinski definition) is 2. The highest BCUT2D eigenvalue weighted by molar-refractivity contribution is 6.09. The molecular formula is C13H10O7. The standard InChI is InChI=1S/C13H10O7/c1-20-11(15)3-2-10(14)7-4-8(12(16)17)6-9(5-7)13(18)19/h2-6H,1H3,(H,16,17)(H,18,19)/b3-2+. The van der Waals surface area contributed by atoms with Crippen molar-refractivity contribution >= 4 is 23.7 Å². The molecule has 2 N–H and O–H groups in total. The lowest BCUT2D eigenvalue weighted by molar-refractivity contribution is -0.134. The Morgan fingerprint density at radius 3 is 1.75 bits per heavy atom. The van der Waals surface area contributed by atoms with Crippen LogP contribution in [0.5, 0.6) is 0 Å². The van der Waals surface area contributed by atoms with Crippen molar-refractivity contribution in [2.24, 2.45) is 0 Å². The summed E-state index contributed by atoms with van der Waals surface area (Å²) in [5.41, 5.74) is -0.818. The normalized spacial score (nSPS) is 10.2. The van der Waals surface area contributed by atoms with E-state index >= 15 is 0 Å². The minimum absolute atomic E-state index is 0.151. The van der Waals surface area contributed by atoms with Crippen molar-refractivity contribution in [3.05, 3.63) is 47.0 Å². The molecule has 1 aromatic rings. The zero-order valence-corrected chi connectivity index (χ0v) is 10.3. The Bertz CT molecular complexity index is 581. The van der Waals surface area contributed by atoms with Gasteiger partial charge in [-0.05, 0) is 24.3 Å². The predicted molar refractivity (Wildman–Crippen MR) is 65.8 cm³/mol. The van der Waals surface area contributed by atoms with Crippen LogP contribution in [0.4, 0.5) is 0 Å². The van der Waals surface area contributed by atoms with E-state index in [9.17, 15) is 19.2 Å². The first kappa shape index (κ1) is 15.1. The van der Waals surface area contributed by atoms with Gasteiger partial charge >= 0.3 is 17.9 Å². The number of carboxylic acid groups (broad SMARTS) is 2. The van der Waals surface area contributed by atoms with Crippen LogP contribution in [0.3, 0.4) is 0 Å². The first-order valence-corrected chi connectivity index (χ1v) is 5.27. The number of hydrogen-bond acceptors (Lipinski definition) is 5.